The van der Waals surface area contributed by atoms with Gasteiger partial charge >= 0.3 is 0 Å². The van der Waals surface area contributed by atoms with Crippen molar-refractivity contribution in [3.8, 4) is 0 Å². The number of methoxy groups -OCH3 is 1. The molecule has 6 nitrogen and oxygen atoms in total. The Bertz CT molecular complexity index is 656. The summed E-state index contributed by atoms with van der Waals surface area (Å²) in [6, 6.07) is 5.81. The highest BCUT2D eigenvalue weighted by Crippen LogP contribution is 2.15. The highest BCUT2D eigenvalue weighted by Gasteiger charge is 2.08. The van der Waals surface area contributed by atoms with E-state index >= 15 is 0 Å². The van der Waals surface area contributed by atoms with E-state index in [9.17, 15) is 4.79 Å². The van der Waals surface area contributed by atoms with Crippen LogP contribution in [-0.2, 0) is 4.74 Å². The van der Waals surface area contributed by atoms with Gasteiger partial charge < -0.3 is 15.4 Å². The molecule has 0 saturated carbocycles. The minimum Gasteiger partial charge on any atom is -0.385 e. The molecule has 1 aromatic carbocycles. The molecule has 2 N–H and O–H groups in total. The Morgan fingerprint density at radius 2 is 1.91 bits per heavy atom. The third-order valence-corrected chi connectivity index (χ3v) is 3.49. The molecule has 1 heterocycles. The molecule has 0 spiro atoms. The zero-order valence-electron chi connectivity index (χ0n) is 13.7. The molecule has 2 rings (SSSR count). The molecule has 6 heteroatoms. The number of carbonyl (C=O) groups excluding carboxylic acids is 1. The molecule has 1 amide bonds. The first-order valence-electron chi connectivity index (χ1n) is 7.53. The lowest BCUT2D eigenvalue weighted by atomic mass is 10.1. The number of rotatable bonds is 7. The molecule has 0 fully saturated rings. The largest absolute Gasteiger partial charge is 0.385 e. The summed E-state index contributed by atoms with van der Waals surface area (Å²) >= 11 is 0. The number of hydrogen-bond acceptors (Lipinski definition) is 5. The average molecular weight is 314 g/mol. The Hall–Kier alpha value is -2.47. The van der Waals surface area contributed by atoms with Gasteiger partial charge in [0.2, 0.25) is 5.95 Å². The third-order valence-electron chi connectivity index (χ3n) is 3.49. The number of anilines is 2. The summed E-state index contributed by atoms with van der Waals surface area (Å²) in [5, 5.41) is 5.92. The number of nitrogens with one attached hydrogen (secondary N) is 2. The molecular weight excluding hydrogens is 292 g/mol. The smallest absolute Gasteiger partial charge is 0.258 e. The molecule has 122 valence electrons. The lowest BCUT2D eigenvalue weighted by Crippen LogP contribution is -2.14. The summed E-state index contributed by atoms with van der Waals surface area (Å²) in [6.45, 7) is 5.46. The first-order chi connectivity index (χ1) is 11.1. The van der Waals surface area contributed by atoms with Crippen molar-refractivity contribution in [2.45, 2.75) is 20.3 Å². The average Bonchev–Trinajstić information content (AvgIpc) is 2.55. The highest BCUT2D eigenvalue weighted by atomic mass is 16.5. The summed E-state index contributed by atoms with van der Waals surface area (Å²) in [7, 11) is 1.67. The van der Waals surface area contributed by atoms with Gasteiger partial charge in [0.05, 0.1) is 5.56 Å². The Morgan fingerprint density at radius 1 is 1.17 bits per heavy atom. The van der Waals surface area contributed by atoms with E-state index in [1.165, 1.54) is 18.0 Å². The van der Waals surface area contributed by atoms with E-state index in [1.807, 2.05) is 32.0 Å². The lowest BCUT2D eigenvalue weighted by Gasteiger charge is -2.08. The molecular formula is C17H22N4O2. The molecule has 2 aromatic rings. The Kier molecular flexibility index (Phi) is 6.05. The molecule has 0 aliphatic rings. The third kappa shape index (κ3) is 5.03. The predicted molar refractivity (Wildman–Crippen MR) is 90.9 cm³/mol. The lowest BCUT2D eigenvalue weighted by molar-refractivity contribution is 0.102. The fraction of sp³-hybridized carbons (Fsp3) is 0.353. The topological polar surface area (TPSA) is 76.1 Å². The van der Waals surface area contributed by atoms with Crippen LogP contribution in [0.5, 0.6) is 0 Å². The van der Waals surface area contributed by atoms with Crippen LogP contribution in [-0.4, -0.2) is 36.1 Å². The zero-order valence-corrected chi connectivity index (χ0v) is 13.7. The number of aryl methyl sites for hydroxylation is 2. The van der Waals surface area contributed by atoms with Crippen molar-refractivity contribution in [1.82, 2.24) is 9.97 Å². The Labute approximate surface area is 136 Å². The molecule has 1 aromatic heterocycles. The SMILES string of the molecule is COCCCNc1ncc(C(=O)Nc2ccc(C)c(C)c2)cn1. The number of carbonyl (C=O) groups is 1. The van der Waals surface area contributed by atoms with E-state index in [-0.39, 0.29) is 5.91 Å². The van der Waals surface area contributed by atoms with E-state index in [1.54, 1.807) is 7.11 Å². The summed E-state index contributed by atoms with van der Waals surface area (Å²) < 4.78 is 4.97. The second kappa shape index (κ2) is 8.24. The molecule has 0 aliphatic heterocycles. The standard InChI is InChI=1S/C17H22N4O2/c1-12-5-6-15(9-13(12)2)21-16(22)14-10-19-17(20-11-14)18-7-4-8-23-3/h5-6,9-11H,4,7-8H2,1-3H3,(H,21,22)(H,18,19,20). The summed E-state index contributed by atoms with van der Waals surface area (Å²) in [6.07, 6.45) is 3.90. The normalized spacial score (nSPS) is 10.4. The van der Waals surface area contributed by atoms with Crippen molar-refractivity contribution in [3.05, 3.63) is 47.3 Å². The zero-order chi connectivity index (χ0) is 16.7. The van der Waals surface area contributed by atoms with E-state index in [2.05, 4.69) is 20.6 Å². The Morgan fingerprint density at radius 3 is 2.57 bits per heavy atom. The molecule has 0 radical (unpaired) electrons. The van der Waals surface area contributed by atoms with E-state index in [0.717, 1.165) is 24.2 Å². The van der Waals surface area contributed by atoms with E-state index < -0.39 is 0 Å². The predicted octanol–water partition coefficient (Wildman–Crippen LogP) is 2.79. The van der Waals surface area contributed by atoms with E-state index in [4.69, 9.17) is 4.74 Å². The van der Waals surface area contributed by atoms with Crippen LogP contribution < -0.4 is 10.6 Å². The number of hydrogen-bond donors (Lipinski definition) is 2. The van der Waals surface area contributed by atoms with Gasteiger partial charge in [-0.15, -0.1) is 0 Å². The first kappa shape index (κ1) is 16.9. The second-order valence-corrected chi connectivity index (χ2v) is 5.32. The van der Waals surface area contributed by atoms with Crippen LogP contribution in [0.1, 0.15) is 27.9 Å². The highest BCUT2D eigenvalue weighted by molar-refractivity contribution is 6.03. The van der Waals surface area contributed by atoms with Gasteiger partial charge in [-0.05, 0) is 43.5 Å². The van der Waals surface area contributed by atoms with Crippen molar-refractivity contribution >= 4 is 17.5 Å². The number of aromatic nitrogens is 2. The first-order valence-corrected chi connectivity index (χ1v) is 7.53. The van der Waals surface area contributed by atoms with Gasteiger partial charge in [0.15, 0.2) is 0 Å². The van der Waals surface area contributed by atoms with Crippen LogP contribution in [0, 0.1) is 13.8 Å². The van der Waals surface area contributed by atoms with Crippen LogP contribution in [0.2, 0.25) is 0 Å². The van der Waals surface area contributed by atoms with Crippen molar-refractivity contribution in [2.24, 2.45) is 0 Å². The van der Waals surface area contributed by atoms with Crippen molar-refractivity contribution in [2.75, 3.05) is 30.9 Å². The summed E-state index contributed by atoms with van der Waals surface area (Å²) in [5.41, 5.74) is 3.51. The quantitative estimate of drug-likeness (QED) is 0.769. The maximum atomic E-state index is 12.2. The molecule has 0 unspecified atom stereocenters. The maximum absolute atomic E-state index is 12.2. The van der Waals surface area contributed by atoms with Crippen LogP contribution in [0.15, 0.2) is 30.6 Å². The van der Waals surface area contributed by atoms with Crippen LogP contribution in [0.25, 0.3) is 0 Å². The maximum Gasteiger partial charge on any atom is 0.258 e. The van der Waals surface area contributed by atoms with Gasteiger partial charge in [0.1, 0.15) is 0 Å². The fourth-order valence-electron chi connectivity index (χ4n) is 1.98. The van der Waals surface area contributed by atoms with Gasteiger partial charge in [-0.3, -0.25) is 4.79 Å². The van der Waals surface area contributed by atoms with Crippen LogP contribution in [0.4, 0.5) is 11.6 Å². The van der Waals surface area contributed by atoms with Gasteiger partial charge in [-0.25, -0.2) is 9.97 Å². The monoisotopic (exact) mass is 314 g/mol. The summed E-state index contributed by atoms with van der Waals surface area (Å²) in [4.78, 5) is 20.5. The van der Waals surface area contributed by atoms with Gasteiger partial charge in [0.25, 0.3) is 5.91 Å². The molecule has 0 aliphatic carbocycles. The van der Waals surface area contributed by atoms with Crippen molar-refractivity contribution < 1.29 is 9.53 Å². The number of benzene rings is 1. The van der Waals surface area contributed by atoms with Crippen molar-refractivity contribution in [1.29, 1.82) is 0 Å². The molecule has 23 heavy (non-hydrogen) atoms. The van der Waals surface area contributed by atoms with Gasteiger partial charge in [0, 0.05) is 38.3 Å². The Balaban J connectivity index is 1.93. The van der Waals surface area contributed by atoms with Crippen LogP contribution in [0.3, 0.4) is 0 Å². The molecule has 0 bridgehead atoms. The molecule has 0 atom stereocenters. The second-order valence-electron chi connectivity index (χ2n) is 5.32. The number of nitrogens with zero attached hydrogens (tertiary/aromatic N) is 2. The minimum atomic E-state index is -0.223. The number of amides is 1. The van der Waals surface area contributed by atoms with Crippen LogP contribution >= 0.6 is 0 Å². The molecule has 0 saturated heterocycles. The summed E-state index contributed by atoms with van der Waals surface area (Å²) in [5.74, 6) is 0.281. The number of ether oxygens (including phenoxy) is 1. The van der Waals surface area contributed by atoms with Gasteiger partial charge in [-0.2, -0.15) is 0 Å². The van der Waals surface area contributed by atoms with E-state index in [0.29, 0.717) is 18.1 Å². The minimum absolute atomic E-state index is 0.223. The van der Waals surface area contributed by atoms with Gasteiger partial charge in [-0.1, -0.05) is 6.07 Å². The fourth-order valence-corrected chi connectivity index (χ4v) is 1.98. The van der Waals surface area contributed by atoms with Crippen molar-refractivity contribution in [3.63, 3.8) is 0 Å².